The van der Waals surface area contributed by atoms with E-state index in [-0.39, 0.29) is 17.2 Å². The number of aromatic nitrogens is 2. The molecular weight excluding hydrogens is 268 g/mol. The molecular formula is C16H12N2O3. The minimum atomic E-state index is -0.363. The molecule has 0 bridgehead atoms. The smallest absolute Gasteiger partial charge is 0.259 e. The highest BCUT2D eigenvalue weighted by molar-refractivity contribution is 6.07. The van der Waals surface area contributed by atoms with Gasteiger partial charge in [-0.05, 0) is 18.2 Å². The van der Waals surface area contributed by atoms with Crippen LogP contribution in [0.4, 0.5) is 0 Å². The van der Waals surface area contributed by atoms with Crippen molar-refractivity contribution in [3.63, 3.8) is 0 Å². The molecule has 0 saturated carbocycles. The number of nitrogens with one attached hydrogen (secondary N) is 1. The van der Waals surface area contributed by atoms with Gasteiger partial charge < -0.3 is 9.72 Å². The number of benzene rings is 2. The van der Waals surface area contributed by atoms with E-state index in [4.69, 9.17) is 4.74 Å². The topological polar surface area (TPSA) is 72.0 Å². The normalized spacial score (nSPS) is 10.5. The molecule has 5 heteroatoms. The highest BCUT2D eigenvalue weighted by atomic mass is 16.5. The van der Waals surface area contributed by atoms with E-state index in [1.54, 1.807) is 42.5 Å². The average molecular weight is 280 g/mol. The Kier molecular flexibility index (Phi) is 3.23. The second-order valence-electron chi connectivity index (χ2n) is 4.49. The van der Waals surface area contributed by atoms with Gasteiger partial charge in [0.25, 0.3) is 5.56 Å². The summed E-state index contributed by atoms with van der Waals surface area (Å²) in [5.41, 5.74) is 0.575. The second-order valence-corrected chi connectivity index (χ2v) is 4.49. The molecule has 2 aromatic carbocycles. The van der Waals surface area contributed by atoms with Crippen LogP contribution in [0.2, 0.25) is 0 Å². The van der Waals surface area contributed by atoms with Crippen molar-refractivity contribution in [2.75, 3.05) is 7.11 Å². The van der Waals surface area contributed by atoms with E-state index < -0.39 is 0 Å². The van der Waals surface area contributed by atoms with Crippen LogP contribution in [-0.2, 0) is 0 Å². The zero-order valence-electron chi connectivity index (χ0n) is 11.3. The largest absolute Gasteiger partial charge is 0.497 e. The minimum absolute atomic E-state index is 0.0314. The van der Waals surface area contributed by atoms with Crippen molar-refractivity contribution in [1.82, 2.24) is 9.97 Å². The molecule has 5 nitrogen and oxygen atoms in total. The fourth-order valence-corrected chi connectivity index (χ4v) is 2.08. The Morgan fingerprint density at radius 3 is 2.62 bits per heavy atom. The molecule has 0 amide bonds. The van der Waals surface area contributed by atoms with E-state index >= 15 is 0 Å². The number of ether oxygens (including phenoxy) is 1. The molecule has 1 N–H and O–H groups in total. The molecule has 1 heterocycles. The highest BCUT2D eigenvalue weighted by Gasteiger charge is 2.13. The molecule has 0 aliphatic heterocycles. The van der Waals surface area contributed by atoms with Crippen molar-refractivity contribution >= 4 is 16.7 Å². The van der Waals surface area contributed by atoms with Gasteiger partial charge in [-0.15, -0.1) is 0 Å². The molecule has 0 aliphatic rings. The quantitative estimate of drug-likeness (QED) is 0.746. The summed E-state index contributed by atoms with van der Waals surface area (Å²) in [6, 6.07) is 13.7. The Bertz CT molecular complexity index is 870. The van der Waals surface area contributed by atoms with Crippen LogP contribution in [0.1, 0.15) is 16.2 Å². The first-order valence-electron chi connectivity index (χ1n) is 6.37. The lowest BCUT2D eigenvalue weighted by atomic mass is 10.1. The lowest BCUT2D eigenvalue weighted by Gasteiger charge is -2.04. The first kappa shape index (κ1) is 13.1. The summed E-state index contributed by atoms with van der Waals surface area (Å²) < 4.78 is 5.08. The molecule has 1 aromatic heterocycles. The Morgan fingerprint density at radius 2 is 1.90 bits per heavy atom. The maximum atomic E-state index is 12.3. The lowest BCUT2D eigenvalue weighted by molar-refractivity contribution is 0.102. The molecule has 104 valence electrons. The molecule has 0 saturated heterocycles. The van der Waals surface area contributed by atoms with Gasteiger partial charge in [-0.2, -0.15) is 0 Å². The van der Waals surface area contributed by atoms with E-state index in [9.17, 15) is 9.59 Å². The van der Waals surface area contributed by atoms with E-state index in [0.717, 1.165) is 0 Å². The summed E-state index contributed by atoms with van der Waals surface area (Å²) in [5, 5.41) is 0.388. The molecule has 0 atom stereocenters. The van der Waals surface area contributed by atoms with E-state index in [2.05, 4.69) is 9.97 Å². The van der Waals surface area contributed by atoms with Gasteiger partial charge in [-0.25, -0.2) is 4.98 Å². The zero-order valence-corrected chi connectivity index (χ0v) is 11.3. The second kappa shape index (κ2) is 5.20. The maximum absolute atomic E-state index is 12.3. The van der Waals surface area contributed by atoms with Crippen molar-refractivity contribution in [3.05, 3.63) is 70.3 Å². The van der Waals surface area contributed by atoms with Gasteiger partial charge in [0.2, 0.25) is 5.78 Å². The molecule has 0 fully saturated rings. The van der Waals surface area contributed by atoms with Gasteiger partial charge in [0, 0.05) is 5.56 Å². The van der Waals surface area contributed by atoms with Crippen LogP contribution in [0.25, 0.3) is 10.9 Å². The first-order valence-corrected chi connectivity index (χ1v) is 6.37. The molecule has 0 spiro atoms. The summed E-state index contributed by atoms with van der Waals surface area (Å²) in [4.78, 5) is 31.2. The summed E-state index contributed by atoms with van der Waals surface area (Å²) in [5.74, 6) is 0.284. The molecule has 3 rings (SSSR count). The summed E-state index contributed by atoms with van der Waals surface area (Å²) >= 11 is 0. The average Bonchev–Trinajstić information content (AvgIpc) is 2.54. The lowest BCUT2D eigenvalue weighted by Crippen LogP contribution is -2.16. The Labute approximate surface area is 120 Å². The monoisotopic (exact) mass is 280 g/mol. The molecule has 0 unspecified atom stereocenters. The number of aromatic amines is 1. The molecule has 21 heavy (non-hydrogen) atoms. The number of hydrogen-bond donors (Lipinski definition) is 1. The number of methoxy groups -OCH3 is 1. The van der Waals surface area contributed by atoms with Crippen LogP contribution in [0.5, 0.6) is 5.75 Å². The van der Waals surface area contributed by atoms with Gasteiger partial charge in [0.1, 0.15) is 5.75 Å². The Balaban J connectivity index is 2.13. The Hall–Kier alpha value is -2.95. The van der Waals surface area contributed by atoms with Crippen LogP contribution in [0.3, 0.4) is 0 Å². The number of ketones is 1. The van der Waals surface area contributed by atoms with Gasteiger partial charge >= 0.3 is 0 Å². The van der Waals surface area contributed by atoms with Crippen molar-refractivity contribution in [1.29, 1.82) is 0 Å². The van der Waals surface area contributed by atoms with Gasteiger partial charge in [0.05, 0.1) is 18.0 Å². The van der Waals surface area contributed by atoms with E-state index in [1.807, 2.05) is 6.07 Å². The molecule has 3 aromatic rings. The number of carbonyl (C=O) groups is 1. The third kappa shape index (κ3) is 2.41. The third-order valence-corrected chi connectivity index (χ3v) is 3.16. The fourth-order valence-electron chi connectivity index (χ4n) is 2.08. The first-order chi connectivity index (χ1) is 10.2. The van der Waals surface area contributed by atoms with Crippen LogP contribution in [0, 0.1) is 0 Å². The van der Waals surface area contributed by atoms with Gasteiger partial charge in [-0.1, -0.05) is 30.3 Å². The predicted octanol–water partition coefficient (Wildman–Crippen LogP) is 2.16. The third-order valence-electron chi connectivity index (χ3n) is 3.16. The van der Waals surface area contributed by atoms with Crippen molar-refractivity contribution in [2.45, 2.75) is 0 Å². The van der Waals surface area contributed by atoms with Gasteiger partial charge in [-0.3, -0.25) is 9.59 Å². The number of carbonyl (C=O) groups excluding carboxylic acids is 1. The van der Waals surface area contributed by atoms with Crippen LogP contribution >= 0.6 is 0 Å². The molecule has 0 radical (unpaired) electrons. The number of fused-ring (bicyclic) bond motifs is 1. The van der Waals surface area contributed by atoms with Crippen LogP contribution in [0.15, 0.2) is 53.3 Å². The van der Waals surface area contributed by atoms with E-state index in [0.29, 0.717) is 22.2 Å². The number of hydrogen-bond acceptors (Lipinski definition) is 4. The zero-order chi connectivity index (χ0) is 14.8. The highest BCUT2D eigenvalue weighted by Crippen LogP contribution is 2.16. The minimum Gasteiger partial charge on any atom is -0.497 e. The summed E-state index contributed by atoms with van der Waals surface area (Å²) in [6.07, 6.45) is 0. The molecule has 0 aliphatic carbocycles. The number of nitrogens with zero attached hydrogens (tertiary/aromatic N) is 1. The summed E-state index contributed by atoms with van der Waals surface area (Å²) in [6.45, 7) is 0. The van der Waals surface area contributed by atoms with E-state index in [1.165, 1.54) is 7.11 Å². The van der Waals surface area contributed by atoms with Crippen molar-refractivity contribution in [3.8, 4) is 5.75 Å². The summed E-state index contributed by atoms with van der Waals surface area (Å²) in [7, 11) is 1.52. The maximum Gasteiger partial charge on any atom is 0.259 e. The fraction of sp³-hybridized carbons (Fsp3) is 0.0625. The van der Waals surface area contributed by atoms with Crippen LogP contribution < -0.4 is 10.3 Å². The number of H-pyrrole nitrogens is 1. The van der Waals surface area contributed by atoms with Crippen molar-refractivity contribution < 1.29 is 9.53 Å². The number of rotatable bonds is 3. The SMILES string of the molecule is COc1ccc2nc(C(=O)c3ccccc3)[nH]c(=O)c2c1. The Morgan fingerprint density at radius 1 is 1.14 bits per heavy atom. The van der Waals surface area contributed by atoms with Gasteiger partial charge in [0.15, 0.2) is 5.82 Å². The standard InChI is InChI=1S/C16H12N2O3/c1-21-11-7-8-13-12(9-11)16(20)18-15(17-13)14(19)10-5-3-2-4-6-10/h2-9H,1H3,(H,17,18,20). The van der Waals surface area contributed by atoms with Crippen molar-refractivity contribution in [2.24, 2.45) is 0 Å². The van der Waals surface area contributed by atoms with Crippen LogP contribution in [-0.4, -0.2) is 22.9 Å². The predicted molar refractivity (Wildman–Crippen MR) is 78.8 cm³/mol.